The van der Waals surface area contributed by atoms with Gasteiger partial charge in [-0.15, -0.1) is 0 Å². The van der Waals surface area contributed by atoms with Gasteiger partial charge in [-0.25, -0.2) is 0 Å². The minimum absolute atomic E-state index is 0.182. The molecule has 0 aliphatic carbocycles. The van der Waals surface area contributed by atoms with Gasteiger partial charge in [0.1, 0.15) is 12.0 Å². The van der Waals surface area contributed by atoms with Crippen LogP contribution in [-0.4, -0.2) is 26.0 Å². The van der Waals surface area contributed by atoms with Gasteiger partial charge in [-0.2, -0.15) is 13.2 Å². The molecule has 1 aromatic carbocycles. The highest BCUT2D eigenvalue weighted by atomic mass is 19.4. The van der Waals surface area contributed by atoms with Crippen molar-refractivity contribution in [2.75, 3.05) is 20.1 Å². The Hall–Kier alpha value is -2.02. The third-order valence-electron chi connectivity index (χ3n) is 3.90. The van der Waals surface area contributed by atoms with Gasteiger partial charge in [0.15, 0.2) is 0 Å². The van der Waals surface area contributed by atoms with E-state index in [-0.39, 0.29) is 5.56 Å². The first-order valence-electron chi connectivity index (χ1n) is 7.10. The number of aliphatic imine (C=N–C) groups is 1. The van der Waals surface area contributed by atoms with Crippen LogP contribution in [0.2, 0.25) is 0 Å². The summed E-state index contributed by atoms with van der Waals surface area (Å²) in [7, 11) is 1.64. The molecule has 0 aromatic heterocycles. The Morgan fingerprint density at radius 1 is 1.18 bits per heavy atom. The van der Waals surface area contributed by atoms with Crippen LogP contribution in [0.5, 0.6) is 0 Å². The second kappa shape index (κ2) is 5.64. The van der Waals surface area contributed by atoms with E-state index in [1.807, 2.05) is 0 Å². The van der Waals surface area contributed by atoms with Crippen LogP contribution in [0.1, 0.15) is 23.7 Å². The first-order chi connectivity index (χ1) is 10.5. The SMILES string of the molecule is CN=C1NC(c2ccccc2C(F)(F)F)NC2=C1CNCC2. The predicted molar refractivity (Wildman–Crippen MR) is 78.3 cm³/mol. The highest BCUT2D eigenvalue weighted by molar-refractivity contribution is 6.00. The standard InChI is InChI=1S/C15H17F3N4/c1-19-13-10-8-20-7-6-12(10)21-14(22-13)9-4-2-3-5-11(9)15(16,17)18/h2-5,14,20-21H,6-8H2,1H3,(H,19,22). The molecule has 7 heteroatoms. The Labute approximate surface area is 126 Å². The molecule has 0 saturated carbocycles. The van der Waals surface area contributed by atoms with Gasteiger partial charge in [0.2, 0.25) is 0 Å². The Morgan fingerprint density at radius 3 is 2.68 bits per heavy atom. The first-order valence-corrected chi connectivity index (χ1v) is 7.10. The topological polar surface area (TPSA) is 48.5 Å². The number of nitrogens with zero attached hydrogens (tertiary/aromatic N) is 1. The molecule has 0 radical (unpaired) electrons. The van der Waals surface area contributed by atoms with E-state index in [1.165, 1.54) is 12.1 Å². The van der Waals surface area contributed by atoms with Crippen molar-refractivity contribution in [1.29, 1.82) is 0 Å². The molecule has 2 heterocycles. The van der Waals surface area contributed by atoms with E-state index in [0.717, 1.165) is 30.3 Å². The lowest BCUT2D eigenvalue weighted by molar-refractivity contribution is -0.138. The molecule has 1 aromatic rings. The van der Waals surface area contributed by atoms with E-state index in [4.69, 9.17) is 0 Å². The van der Waals surface area contributed by atoms with Crippen LogP contribution in [0.15, 0.2) is 40.5 Å². The number of benzene rings is 1. The molecular formula is C15H17F3N4. The minimum Gasteiger partial charge on any atom is -0.365 e. The molecular weight excluding hydrogens is 293 g/mol. The van der Waals surface area contributed by atoms with Crippen molar-refractivity contribution >= 4 is 5.84 Å². The van der Waals surface area contributed by atoms with Crippen LogP contribution in [0.3, 0.4) is 0 Å². The molecule has 3 rings (SSSR count). The molecule has 1 unspecified atom stereocenters. The summed E-state index contributed by atoms with van der Waals surface area (Å²) in [6.07, 6.45) is -4.26. The zero-order valence-electron chi connectivity index (χ0n) is 12.1. The normalized spacial score (nSPS) is 23.8. The summed E-state index contributed by atoms with van der Waals surface area (Å²) in [5, 5.41) is 9.51. The maximum Gasteiger partial charge on any atom is 0.416 e. The summed E-state index contributed by atoms with van der Waals surface area (Å²) in [6.45, 7) is 1.46. The second-order valence-corrected chi connectivity index (χ2v) is 5.26. The van der Waals surface area contributed by atoms with Crippen LogP contribution < -0.4 is 16.0 Å². The number of hydrogen-bond donors (Lipinski definition) is 3. The fourth-order valence-corrected chi connectivity index (χ4v) is 2.87. The van der Waals surface area contributed by atoms with E-state index in [2.05, 4.69) is 20.9 Å². The van der Waals surface area contributed by atoms with E-state index in [0.29, 0.717) is 12.4 Å². The molecule has 3 N–H and O–H groups in total. The summed E-state index contributed by atoms with van der Waals surface area (Å²) in [5.74, 6) is 0.642. The van der Waals surface area contributed by atoms with Gasteiger partial charge in [-0.3, -0.25) is 4.99 Å². The van der Waals surface area contributed by atoms with E-state index in [1.54, 1.807) is 13.1 Å². The molecule has 4 nitrogen and oxygen atoms in total. The average Bonchev–Trinajstić information content (AvgIpc) is 2.53. The molecule has 0 spiro atoms. The minimum atomic E-state index is -4.38. The average molecular weight is 310 g/mol. The lowest BCUT2D eigenvalue weighted by Crippen LogP contribution is -2.49. The highest BCUT2D eigenvalue weighted by Crippen LogP contribution is 2.35. The molecule has 0 saturated heterocycles. The monoisotopic (exact) mass is 310 g/mol. The zero-order chi connectivity index (χ0) is 15.7. The Morgan fingerprint density at radius 2 is 1.95 bits per heavy atom. The molecule has 0 fully saturated rings. The first kappa shape index (κ1) is 14.9. The van der Waals surface area contributed by atoms with Crippen molar-refractivity contribution in [3.63, 3.8) is 0 Å². The maximum absolute atomic E-state index is 13.2. The largest absolute Gasteiger partial charge is 0.416 e. The zero-order valence-corrected chi connectivity index (χ0v) is 12.1. The quantitative estimate of drug-likeness (QED) is 0.745. The van der Waals surface area contributed by atoms with Gasteiger partial charge < -0.3 is 16.0 Å². The van der Waals surface area contributed by atoms with Crippen LogP contribution in [0.4, 0.5) is 13.2 Å². The van der Waals surface area contributed by atoms with Crippen molar-refractivity contribution < 1.29 is 13.2 Å². The molecule has 2 aliphatic heterocycles. The molecule has 118 valence electrons. The number of halogens is 3. The van der Waals surface area contributed by atoms with Gasteiger partial charge in [0.05, 0.1) is 5.56 Å². The summed E-state index contributed by atoms with van der Waals surface area (Å²) in [5.41, 5.74) is 1.50. The van der Waals surface area contributed by atoms with Crippen LogP contribution in [-0.2, 0) is 6.18 Å². The fraction of sp³-hybridized carbons (Fsp3) is 0.400. The number of hydrogen-bond acceptors (Lipinski definition) is 3. The van der Waals surface area contributed by atoms with E-state index in [9.17, 15) is 13.2 Å². The predicted octanol–water partition coefficient (Wildman–Crippen LogP) is 2.17. The summed E-state index contributed by atoms with van der Waals surface area (Å²) >= 11 is 0. The molecule has 22 heavy (non-hydrogen) atoms. The van der Waals surface area contributed by atoms with Crippen molar-refractivity contribution in [2.24, 2.45) is 4.99 Å². The van der Waals surface area contributed by atoms with Crippen LogP contribution >= 0.6 is 0 Å². The van der Waals surface area contributed by atoms with Crippen molar-refractivity contribution in [1.82, 2.24) is 16.0 Å². The molecule has 1 atom stereocenters. The number of alkyl halides is 3. The van der Waals surface area contributed by atoms with Gasteiger partial charge in [0, 0.05) is 43.4 Å². The third kappa shape index (κ3) is 2.68. The van der Waals surface area contributed by atoms with Crippen LogP contribution in [0, 0.1) is 0 Å². The smallest absolute Gasteiger partial charge is 0.365 e. The summed E-state index contributed by atoms with van der Waals surface area (Å²) < 4.78 is 39.6. The third-order valence-corrected chi connectivity index (χ3v) is 3.90. The Kier molecular flexibility index (Phi) is 3.82. The number of amidine groups is 1. The maximum atomic E-state index is 13.2. The van der Waals surface area contributed by atoms with Gasteiger partial charge in [-0.1, -0.05) is 18.2 Å². The van der Waals surface area contributed by atoms with E-state index >= 15 is 0 Å². The number of rotatable bonds is 1. The Bertz CT molecular complexity index is 634. The van der Waals surface area contributed by atoms with Gasteiger partial charge in [-0.05, 0) is 6.07 Å². The lowest BCUT2D eigenvalue weighted by atomic mass is 9.98. The van der Waals surface area contributed by atoms with Crippen molar-refractivity contribution in [3.05, 3.63) is 46.7 Å². The lowest BCUT2D eigenvalue weighted by Gasteiger charge is -2.36. The summed E-state index contributed by atoms with van der Waals surface area (Å²) in [6, 6.07) is 5.61. The molecule has 2 aliphatic rings. The molecule has 0 bridgehead atoms. The Balaban J connectivity index is 2.00. The summed E-state index contributed by atoms with van der Waals surface area (Å²) in [4.78, 5) is 4.19. The molecule has 0 amide bonds. The van der Waals surface area contributed by atoms with Gasteiger partial charge >= 0.3 is 6.18 Å². The van der Waals surface area contributed by atoms with Gasteiger partial charge in [0.25, 0.3) is 0 Å². The van der Waals surface area contributed by atoms with E-state index < -0.39 is 17.9 Å². The van der Waals surface area contributed by atoms with Crippen molar-refractivity contribution in [2.45, 2.75) is 18.8 Å². The van der Waals surface area contributed by atoms with Crippen molar-refractivity contribution in [3.8, 4) is 0 Å². The highest BCUT2D eigenvalue weighted by Gasteiger charge is 2.37. The fourth-order valence-electron chi connectivity index (χ4n) is 2.87. The number of nitrogens with one attached hydrogen (secondary N) is 3. The van der Waals surface area contributed by atoms with Crippen LogP contribution in [0.25, 0.3) is 0 Å². The second-order valence-electron chi connectivity index (χ2n) is 5.26.